The molecule has 2 aromatic heterocycles. The molecule has 0 spiro atoms. The Morgan fingerprint density at radius 1 is 1.12 bits per heavy atom. The standard InChI is InChI=1S/C31H34N6O3/c1-20(2)40-29-26(24(19-38)15-23-18-34-28-6-4-3-5-25(23)28)13-21(14-27(29)30(32)39)7-8-22-16-35-31(36-17-22)37-11-9-33-10-12-37/h3-6,13-14,16-18,20,24,33-34,38H,9-12,15,19H2,1-2H3,(H2,32,39)/t24-/m0/s1. The van der Waals surface area contributed by atoms with Gasteiger partial charge in [0.25, 0.3) is 5.91 Å². The number of primary amides is 1. The highest BCUT2D eigenvalue weighted by Crippen LogP contribution is 2.35. The zero-order valence-electron chi connectivity index (χ0n) is 22.8. The lowest BCUT2D eigenvalue weighted by Gasteiger charge is -2.27. The molecule has 4 aromatic rings. The van der Waals surface area contributed by atoms with E-state index in [-0.39, 0.29) is 24.2 Å². The lowest BCUT2D eigenvalue weighted by Crippen LogP contribution is -2.44. The van der Waals surface area contributed by atoms with Crippen LogP contribution < -0.4 is 20.7 Å². The number of aliphatic hydroxyl groups excluding tert-OH is 1. The van der Waals surface area contributed by atoms with Gasteiger partial charge in [0.1, 0.15) is 5.75 Å². The van der Waals surface area contributed by atoms with Gasteiger partial charge in [-0.1, -0.05) is 30.0 Å². The number of fused-ring (bicyclic) bond motifs is 1. The fraction of sp³-hybridized carbons (Fsp3) is 0.323. The van der Waals surface area contributed by atoms with Gasteiger partial charge in [-0.05, 0) is 44.0 Å². The maximum absolute atomic E-state index is 12.6. The molecule has 0 unspecified atom stereocenters. The van der Waals surface area contributed by atoms with Crippen molar-refractivity contribution in [3.05, 3.63) is 82.8 Å². The normalized spacial score (nSPS) is 14.2. The number of ether oxygens (including phenoxy) is 1. The van der Waals surface area contributed by atoms with Crippen molar-refractivity contribution in [2.45, 2.75) is 32.3 Å². The number of para-hydroxylation sites is 1. The highest BCUT2D eigenvalue weighted by Gasteiger charge is 2.24. The van der Waals surface area contributed by atoms with E-state index in [1.807, 2.05) is 50.4 Å². The zero-order chi connectivity index (χ0) is 28.1. The third-order valence-corrected chi connectivity index (χ3v) is 6.93. The molecule has 1 fully saturated rings. The minimum absolute atomic E-state index is 0.148. The summed E-state index contributed by atoms with van der Waals surface area (Å²) in [5, 5.41) is 14.9. The summed E-state index contributed by atoms with van der Waals surface area (Å²) in [6, 6.07) is 11.6. The van der Waals surface area contributed by atoms with E-state index in [2.05, 4.69) is 37.0 Å². The fourth-order valence-electron chi connectivity index (χ4n) is 4.97. The minimum Gasteiger partial charge on any atom is -0.490 e. The van der Waals surface area contributed by atoms with Crippen LogP contribution in [-0.2, 0) is 6.42 Å². The Labute approximate surface area is 233 Å². The van der Waals surface area contributed by atoms with Crippen molar-refractivity contribution in [2.75, 3.05) is 37.7 Å². The Morgan fingerprint density at radius 2 is 1.85 bits per heavy atom. The van der Waals surface area contributed by atoms with Gasteiger partial charge in [0.2, 0.25) is 5.95 Å². The predicted octanol–water partition coefficient (Wildman–Crippen LogP) is 2.97. The van der Waals surface area contributed by atoms with Gasteiger partial charge in [-0.15, -0.1) is 0 Å². The number of aromatic nitrogens is 3. The Balaban J connectivity index is 1.50. The number of hydrogen-bond acceptors (Lipinski definition) is 7. The third kappa shape index (κ3) is 6.09. The van der Waals surface area contributed by atoms with Crippen LogP contribution >= 0.6 is 0 Å². The van der Waals surface area contributed by atoms with Crippen molar-refractivity contribution in [3.63, 3.8) is 0 Å². The second-order valence-corrected chi connectivity index (χ2v) is 10.2. The molecule has 0 bridgehead atoms. The number of aromatic amines is 1. The van der Waals surface area contributed by atoms with Gasteiger partial charge in [0, 0.05) is 72.7 Å². The van der Waals surface area contributed by atoms with Crippen LogP contribution in [0.1, 0.15) is 52.4 Å². The third-order valence-electron chi connectivity index (χ3n) is 6.93. The molecule has 0 aliphatic carbocycles. The van der Waals surface area contributed by atoms with E-state index in [4.69, 9.17) is 10.5 Å². The van der Waals surface area contributed by atoms with Gasteiger partial charge in [-0.3, -0.25) is 4.79 Å². The number of piperazine rings is 1. The maximum atomic E-state index is 12.6. The van der Waals surface area contributed by atoms with E-state index in [0.717, 1.165) is 42.6 Å². The first kappa shape index (κ1) is 27.2. The number of nitrogens with one attached hydrogen (secondary N) is 2. The van der Waals surface area contributed by atoms with Crippen LogP contribution in [0.4, 0.5) is 5.95 Å². The Kier molecular flexibility index (Phi) is 8.29. The zero-order valence-corrected chi connectivity index (χ0v) is 22.8. The van der Waals surface area contributed by atoms with Crippen LogP contribution in [0, 0.1) is 11.8 Å². The first-order chi connectivity index (χ1) is 19.4. The molecule has 1 aliphatic rings. The average molecular weight is 539 g/mol. The minimum atomic E-state index is -0.618. The first-order valence-electron chi connectivity index (χ1n) is 13.5. The maximum Gasteiger partial charge on any atom is 0.252 e. The summed E-state index contributed by atoms with van der Waals surface area (Å²) in [5.41, 5.74) is 10.1. The lowest BCUT2D eigenvalue weighted by atomic mass is 9.88. The fourth-order valence-corrected chi connectivity index (χ4v) is 4.97. The van der Waals surface area contributed by atoms with Crippen molar-refractivity contribution in [2.24, 2.45) is 5.73 Å². The largest absolute Gasteiger partial charge is 0.490 e. The van der Waals surface area contributed by atoms with E-state index in [1.165, 1.54) is 0 Å². The highest BCUT2D eigenvalue weighted by molar-refractivity contribution is 5.96. The lowest BCUT2D eigenvalue weighted by molar-refractivity contribution is 0.0994. The van der Waals surface area contributed by atoms with Gasteiger partial charge in [0.15, 0.2) is 0 Å². The first-order valence-corrected chi connectivity index (χ1v) is 13.5. The molecule has 1 saturated heterocycles. The number of aliphatic hydroxyl groups is 1. The number of benzene rings is 2. The van der Waals surface area contributed by atoms with Gasteiger partial charge in [-0.25, -0.2) is 9.97 Å². The second kappa shape index (κ2) is 12.2. The average Bonchev–Trinajstić information content (AvgIpc) is 3.38. The van der Waals surface area contributed by atoms with E-state index >= 15 is 0 Å². The van der Waals surface area contributed by atoms with Crippen LogP contribution in [0.2, 0.25) is 0 Å². The number of anilines is 1. The van der Waals surface area contributed by atoms with Crippen molar-refractivity contribution in [1.82, 2.24) is 20.3 Å². The number of amides is 1. The van der Waals surface area contributed by atoms with Crippen LogP contribution in [-0.4, -0.2) is 64.9 Å². The predicted molar refractivity (Wildman–Crippen MR) is 156 cm³/mol. The highest BCUT2D eigenvalue weighted by atomic mass is 16.5. The quantitative estimate of drug-likeness (QED) is 0.254. The Morgan fingerprint density at radius 3 is 2.55 bits per heavy atom. The molecule has 9 heteroatoms. The molecule has 2 aromatic carbocycles. The molecule has 1 amide bonds. The molecule has 1 atom stereocenters. The summed E-state index contributed by atoms with van der Waals surface area (Å²) >= 11 is 0. The second-order valence-electron chi connectivity index (χ2n) is 10.2. The Hall–Kier alpha value is -4.39. The Bertz CT molecular complexity index is 1550. The van der Waals surface area contributed by atoms with Crippen molar-refractivity contribution in [3.8, 4) is 17.6 Å². The van der Waals surface area contributed by atoms with Crippen molar-refractivity contribution in [1.29, 1.82) is 0 Å². The number of H-pyrrole nitrogens is 1. The van der Waals surface area contributed by atoms with E-state index < -0.39 is 5.91 Å². The summed E-state index contributed by atoms with van der Waals surface area (Å²) < 4.78 is 6.12. The summed E-state index contributed by atoms with van der Waals surface area (Å²) in [4.78, 5) is 27.0. The molecular formula is C31H34N6O3. The van der Waals surface area contributed by atoms with E-state index in [9.17, 15) is 9.90 Å². The van der Waals surface area contributed by atoms with Crippen LogP contribution in [0.5, 0.6) is 5.75 Å². The molecule has 5 N–H and O–H groups in total. The number of hydrogen-bond donors (Lipinski definition) is 4. The number of rotatable bonds is 8. The van der Waals surface area contributed by atoms with Gasteiger partial charge in [0.05, 0.1) is 23.8 Å². The molecular weight excluding hydrogens is 504 g/mol. The summed E-state index contributed by atoms with van der Waals surface area (Å²) in [5.74, 6) is 6.34. The number of nitrogens with two attached hydrogens (primary N) is 1. The molecule has 40 heavy (non-hydrogen) atoms. The van der Waals surface area contributed by atoms with Gasteiger partial charge < -0.3 is 30.8 Å². The van der Waals surface area contributed by atoms with Gasteiger partial charge >= 0.3 is 0 Å². The van der Waals surface area contributed by atoms with Crippen LogP contribution in [0.25, 0.3) is 10.9 Å². The van der Waals surface area contributed by atoms with Gasteiger partial charge in [-0.2, -0.15) is 0 Å². The number of carbonyl (C=O) groups is 1. The molecule has 9 nitrogen and oxygen atoms in total. The van der Waals surface area contributed by atoms with Crippen LogP contribution in [0.15, 0.2) is 55.0 Å². The van der Waals surface area contributed by atoms with Crippen molar-refractivity contribution < 1.29 is 14.6 Å². The number of carbonyl (C=O) groups excluding carboxylic acids is 1. The summed E-state index contributed by atoms with van der Waals surface area (Å²) in [6.45, 7) is 7.16. The molecule has 5 rings (SSSR count). The smallest absolute Gasteiger partial charge is 0.252 e. The molecule has 0 saturated carbocycles. The molecule has 206 valence electrons. The SMILES string of the molecule is CC(C)Oc1c(C(N)=O)cc(C#Cc2cnc(N3CCNCC3)nc2)cc1[C@H](CO)Cc1c[nH]c2ccccc12. The summed E-state index contributed by atoms with van der Waals surface area (Å²) in [6.07, 6.45) is 5.70. The number of nitrogens with zero attached hydrogens (tertiary/aromatic N) is 3. The van der Waals surface area contributed by atoms with E-state index in [0.29, 0.717) is 34.8 Å². The van der Waals surface area contributed by atoms with E-state index in [1.54, 1.807) is 18.5 Å². The monoisotopic (exact) mass is 538 g/mol. The molecule has 3 heterocycles. The summed E-state index contributed by atoms with van der Waals surface area (Å²) in [7, 11) is 0. The molecule has 1 aliphatic heterocycles. The van der Waals surface area contributed by atoms with Crippen molar-refractivity contribution >= 4 is 22.8 Å². The van der Waals surface area contributed by atoms with Crippen LogP contribution in [0.3, 0.4) is 0 Å². The topological polar surface area (TPSA) is 129 Å². The molecule has 0 radical (unpaired) electrons.